The maximum atomic E-state index is 5.61. The average Bonchev–Trinajstić information content (AvgIpc) is 2.84. The highest BCUT2D eigenvalue weighted by molar-refractivity contribution is 5.33. The Morgan fingerprint density at radius 3 is 2.72 bits per heavy atom. The quantitative estimate of drug-likeness (QED) is 0.846. The number of nitrogens with two attached hydrogens (primary N) is 1. The van der Waals surface area contributed by atoms with E-state index in [9.17, 15) is 0 Å². The zero-order chi connectivity index (χ0) is 12.8. The van der Waals surface area contributed by atoms with Crippen molar-refractivity contribution in [2.45, 2.75) is 19.4 Å². The monoisotopic (exact) mass is 244 g/mol. The molecule has 0 fully saturated rings. The van der Waals surface area contributed by atoms with Gasteiger partial charge in [0.25, 0.3) is 0 Å². The van der Waals surface area contributed by atoms with Crippen LogP contribution in [0.5, 0.6) is 5.75 Å². The summed E-state index contributed by atoms with van der Waals surface area (Å²) in [7, 11) is 1.72. The molecule has 3 nitrogen and oxygen atoms in total. The summed E-state index contributed by atoms with van der Waals surface area (Å²) >= 11 is 0. The van der Waals surface area contributed by atoms with Gasteiger partial charge in [-0.1, -0.05) is 18.2 Å². The summed E-state index contributed by atoms with van der Waals surface area (Å²) in [6.07, 6.45) is 4.01. The molecule has 0 bridgehead atoms. The number of hydrogen-bond donors (Lipinski definition) is 1. The number of hydrogen-bond acceptors (Lipinski definition) is 2. The summed E-state index contributed by atoms with van der Waals surface area (Å²) in [5.74, 6) is 0.963. The van der Waals surface area contributed by atoms with Gasteiger partial charge in [-0.15, -0.1) is 0 Å². The van der Waals surface area contributed by atoms with E-state index in [0.29, 0.717) is 6.54 Å². The van der Waals surface area contributed by atoms with Gasteiger partial charge in [0.05, 0.1) is 7.11 Å². The molecule has 0 aliphatic heterocycles. The second-order valence-electron chi connectivity index (χ2n) is 4.29. The molecule has 18 heavy (non-hydrogen) atoms. The third-order valence-electron chi connectivity index (χ3n) is 3.14. The van der Waals surface area contributed by atoms with E-state index in [1.54, 1.807) is 7.11 Å². The van der Waals surface area contributed by atoms with Gasteiger partial charge in [0.1, 0.15) is 5.75 Å². The van der Waals surface area contributed by atoms with E-state index in [2.05, 4.69) is 29.0 Å². The van der Waals surface area contributed by atoms with Crippen LogP contribution in [-0.2, 0) is 19.4 Å². The summed E-state index contributed by atoms with van der Waals surface area (Å²) in [6, 6.07) is 12.4. The Hall–Kier alpha value is -1.74. The zero-order valence-electron chi connectivity index (χ0n) is 10.8. The van der Waals surface area contributed by atoms with Crippen molar-refractivity contribution in [2.75, 3.05) is 13.7 Å². The first-order chi connectivity index (χ1) is 8.85. The van der Waals surface area contributed by atoms with Gasteiger partial charge < -0.3 is 15.0 Å². The van der Waals surface area contributed by atoms with Crippen molar-refractivity contribution in [3.63, 3.8) is 0 Å². The molecule has 2 rings (SSSR count). The molecule has 0 saturated heterocycles. The highest BCUT2D eigenvalue weighted by Gasteiger charge is 2.04. The first kappa shape index (κ1) is 12.7. The number of ether oxygens (including phenoxy) is 1. The van der Waals surface area contributed by atoms with Crippen LogP contribution in [0.4, 0.5) is 0 Å². The van der Waals surface area contributed by atoms with Gasteiger partial charge in [-0.25, -0.2) is 0 Å². The van der Waals surface area contributed by atoms with Crippen LogP contribution in [0.3, 0.4) is 0 Å². The molecule has 0 amide bonds. The van der Waals surface area contributed by atoms with Crippen molar-refractivity contribution in [3.8, 4) is 5.75 Å². The third-order valence-corrected chi connectivity index (χ3v) is 3.14. The van der Waals surface area contributed by atoms with Gasteiger partial charge in [0, 0.05) is 18.4 Å². The number of nitrogens with zero attached hydrogens (tertiary/aromatic N) is 1. The average molecular weight is 244 g/mol. The molecule has 0 radical (unpaired) electrons. The Kier molecular flexibility index (Phi) is 4.42. The minimum absolute atomic E-state index is 0.693. The molecular formula is C15H20N2O. The van der Waals surface area contributed by atoms with Gasteiger partial charge in [0.2, 0.25) is 0 Å². The lowest BCUT2D eigenvalue weighted by atomic mass is 10.1. The number of benzene rings is 1. The minimum atomic E-state index is 0.693. The molecule has 0 spiro atoms. The van der Waals surface area contributed by atoms with Gasteiger partial charge >= 0.3 is 0 Å². The van der Waals surface area contributed by atoms with Crippen LogP contribution in [0.15, 0.2) is 42.6 Å². The van der Waals surface area contributed by atoms with Crippen LogP contribution in [0, 0.1) is 0 Å². The number of rotatable bonds is 6. The normalized spacial score (nSPS) is 10.6. The molecule has 1 aromatic heterocycles. The fourth-order valence-electron chi connectivity index (χ4n) is 2.19. The highest BCUT2D eigenvalue weighted by Crippen LogP contribution is 2.18. The fourth-order valence-corrected chi connectivity index (χ4v) is 2.19. The summed E-state index contributed by atoms with van der Waals surface area (Å²) in [5, 5.41) is 0. The Bertz CT molecular complexity index is 491. The predicted octanol–water partition coefficient (Wildman–Crippen LogP) is 2.24. The summed E-state index contributed by atoms with van der Waals surface area (Å²) in [4.78, 5) is 0. The smallest absolute Gasteiger partial charge is 0.122 e. The Morgan fingerprint density at radius 1 is 1.11 bits per heavy atom. The van der Waals surface area contributed by atoms with Crippen molar-refractivity contribution in [1.29, 1.82) is 0 Å². The summed E-state index contributed by atoms with van der Waals surface area (Å²) < 4.78 is 7.63. The van der Waals surface area contributed by atoms with Crippen LogP contribution in [-0.4, -0.2) is 18.2 Å². The van der Waals surface area contributed by atoms with Crippen molar-refractivity contribution in [3.05, 3.63) is 53.9 Å². The second kappa shape index (κ2) is 6.26. The molecule has 96 valence electrons. The molecule has 0 atom stereocenters. The molecular weight excluding hydrogens is 224 g/mol. The minimum Gasteiger partial charge on any atom is -0.496 e. The first-order valence-electron chi connectivity index (χ1n) is 6.31. The largest absolute Gasteiger partial charge is 0.496 e. The SMILES string of the molecule is COc1ccccc1CCn1cccc1CCN. The molecule has 0 saturated carbocycles. The Balaban J connectivity index is 2.04. The van der Waals surface area contributed by atoms with Crippen molar-refractivity contribution < 1.29 is 4.74 Å². The van der Waals surface area contributed by atoms with Crippen LogP contribution >= 0.6 is 0 Å². The lowest BCUT2D eigenvalue weighted by molar-refractivity contribution is 0.408. The molecule has 2 N–H and O–H groups in total. The number of aryl methyl sites for hydroxylation is 2. The molecule has 1 aromatic carbocycles. The maximum Gasteiger partial charge on any atom is 0.122 e. The van der Waals surface area contributed by atoms with E-state index in [-0.39, 0.29) is 0 Å². The van der Waals surface area contributed by atoms with E-state index in [4.69, 9.17) is 10.5 Å². The Labute approximate surface area is 108 Å². The van der Waals surface area contributed by atoms with Gasteiger partial charge in [-0.05, 0) is 43.1 Å². The zero-order valence-corrected chi connectivity index (χ0v) is 10.8. The summed E-state index contributed by atoms with van der Waals surface area (Å²) in [6.45, 7) is 1.65. The molecule has 0 aliphatic rings. The lowest BCUT2D eigenvalue weighted by Gasteiger charge is -2.11. The molecule has 1 heterocycles. The van der Waals surface area contributed by atoms with E-state index in [1.165, 1.54) is 11.3 Å². The van der Waals surface area contributed by atoms with Crippen molar-refractivity contribution in [1.82, 2.24) is 4.57 Å². The van der Waals surface area contributed by atoms with Crippen LogP contribution in [0.2, 0.25) is 0 Å². The van der Waals surface area contributed by atoms with Crippen LogP contribution < -0.4 is 10.5 Å². The highest BCUT2D eigenvalue weighted by atomic mass is 16.5. The lowest BCUT2D eigenvalue weighted by Crippen LogP contribution is -2.10. The molecule has 0 unspecified atom stereocenters. The number of aromatic nitrogens is 1. The van der Waals surface area contributed by atoms with E-state index in [1.807, 2.05) is 18.2 Å². The van der Waals surface area contributed by atoms with Crippen molar-refractivity contribution in [2.24, 2.45) is 5.73 Å². The number of para-hydroxylation sites is 1. The van der Waals surface area contributed by atoms with E-state index >= 15 is 0 Å². The van der Waals surface area contributed by atoms with Crippen molar-refractivity contribution >= 4 is 0 Å². The summed E-state index contributed by atoms with van der Waals surface area (Å²) in [5.41, 5.74) is 8.15. The number of methoxy groups -OCH3 is 1. The van der Waals surface area contributed by atoms with Gasteiger partial charge in [-0.3, -0.25) is 0 Å². The third kappa shape index (κ3) is 2.93. The van der Waals surface area contributed by atoms with E-state index < -0.39 is 0 Å². The Morgan fingerprint density at radius 2 is 1.94 bits per heavy atom. The first-order valence-corrected chi connectivity index (χ1v) is 6.31. The standard InChI is InChI=1S/C15H20N2O/c1-18-15-7-3-2-5-13(15)9-12-17-11-4-6-14(17)8-10-16/h2-7,11H,8-10,12,16H2,1H3. The second-order valence-corrected chi connectivity index (χ2v) is 4.29. The van der Waals surface area contributed by atoms with E-state index in [0.717, 1.165) is 25.1 Å². The molecule has 0 aliphatic carbocycles. The van der Waals surface area contributed by atoms with Crippen LogP contribution in [0.25, 0.3) is 0 Å². The van der Waals surface area contributed by atoms with Gasteiger partial charge in [-0.2, -0.15) is 0 Å². The predicted molar refractivity (Wildman–Crippen MR) is 73.9 cm³/mol. The fraction of sp³-hybridized carbons (Fsp3) is 0.333. The van der Waals surface area contributed by atoms with Gasteiger partial charge in [0.15, 0.2) is 0 Å². The maximum absolute atomic E-state index is 5.61. The topological polar surface area (TPSA) is 40.2 Å². The molecule has 2 aromatic rings. The molecule has 3 heteroatoms. The van der Waals surface area contributed by atoms with Crippen LogP contribution in [0.1, 0.15) is 11.3 Å².